The number of hydrogen-bond donors (Lipinski definition) is 1. The van der Waals surface area contributed by atoms with E-state index in [0.29, 0.717) is 17.2 Å². The number of aromatic nitrogens is 7. The van der Waals surface area contributed by atoms with Gasteiger partial charge in [-0.25, -0.2) is 9.37 Å². The number of carbonyl (C=O) groups is 1. The van der Waals surface area contributed by atoms with Crippen molar-refractivity contribution in [2.24, 2.45) is 0 Å². The number of rotatable bonds is 5. The molecule has 13 heteroatoms. The third-order valence-electron chi connectivity index (χ3n) is 4.92. The Hall–Kier alpha value is -4.16. The zero-order valence-corrected chi connectivity index (χ0v) is 18.2. The van der Waals surface area contributed by atoms with Gasteiger partial charge in [0, 0.05) is 17.7 Å². The SMILES string of the molecule is Cc1cc(F)c(C(=O)Nc2cccc(-n3nnnc3C(C)C)n2)cc1-c1cnn(C(F)(F)F)c1. The van der Waals surface area contributed by atoms with E-state index in [2.05, 4.69) is 30.9 Å². The molecule has 0 aliphatic heterocycles. The van der Waals surface area contributed by atoms with E-state index in [-0.39, 0.29) is 33.1 Å². The maximum absolute atomic E-state index is 14.6. The number of aryl methyl sites for hydroxylation is 1. The molecule has 34 heavy (non-hydrogen) atoms. The Kier molecular flexibility index (Phi) is 5.85. The summed E-state index contributed by atoms with van der Waals surface area (Å²) in [5.41, 5.74) is 0.302. The smallest absolute Gasteiger partial charge is 0.306 e. The first-order valence-electron chi connectivity index (χ1n) is 10.0. The zero-order chi connectivity index (χ0) is 24.6. The lowest BCUT2D eigenvalue weighted by molar-refractivity contribution is -0.212. The minimum atomic E-state index is -4.70. The number of halogens is 4. The summed E-state index contributed by atoms with van der Waals surface area (Å²) >= 11 is 0. The Balaban J connectivity index is 1.64. The molecule has 0 spiro atoms. The van der Waals surface area contributed by atoms with Gasteiger partial charge in [-0.2, -0.15) is 14.5 Å². The molecule has 0 aliphatic carbocycles. The van der Waals surface area contributed by atoms with Crippen molar-refractivity contribution in [2.75, 3.05) is 5.32 Å². The van der Waals surface area contributed by atoms with Crippen molar-refractivity contribution in [3.8, 4) is 16.9 Å². The summed E-state index contributed by atoms with van der Waals surface area (Å²) in [5, 5.41) is 17.3. The van der Waals surface area contributed by atoms with Crippen LogP contribution in [0.1, 0.15) is 41.5 Å². The van der Waals surface area contributed by atoms with Crippen molar-refractivity contribution in [3.05, 3.63) is 65.5 Å². The Labute approximate surface area is 190 Å². The molecule has 0 atom stereocenters. The Morgan fingerprint density at radius 2 is 1.94 bits per heavy atom. The molecule has 0 unspecified atom stereocenters. The molecule has 0 bridgehead atoms. The summed E-state index contributed by atoms with van der Waals surface area (Å²) in [6.07, 6.45) is -2.93. The topological polar surface area (TPSA) is 103 Å². The third-order valence-corrected chi connectivity index (χ3v) is 4.92. The van der Waals surface area contributed by atoms with Gasteiger partial charge in [0.25, 0.3) is 5.91 Å². The summed E-state index contributed by atoms with van der Waals surface area (Å²) in [7, 11) is 0. The fourth-order valence-corrected chi connectivity index (χ4v) is 3.27. The molecule has 4 rings (SSSR count). The van der Waals surface area contributed by atoms with E-state index in [1.807, 2.05) is 13.8 Å². The molecule has 0 saturated carbocycles. The summed E-state index contributed by atoms with van der Waals surface area (Å²) in [6.45, 7) is 5.34. The van der Waals surface area contributed by atoms with E-state index in [4.69, 9.17) is 0 Å². The number of amides is 1. The molecule has 1 N–H and O–H groups in total. The summed E-state index contributed by atoms with van der Waals surface area (Å²) in [6, 6.07) is 7.02. The van der Waals surface area contributed by atoms with Gasteiger partial charge in [0.2, 0.25) is 0 Å². The highest BCUT2D eigenvalue weighted by atomic mass is 19.4. The number of anilines is 1. The maximum atomic E-state index is 14.6. The number of nitrogens with zero attached hydrogens (tertiary/aromatic N) is 7. The third kappa shape index (κ3) is 4.49. The van der Waals surface area contributed by atoms with Crippen LogP contribution in [0.3, 0.4) is 0 Å². The Bertz CT molecular complexity index is 1360. The largest absolute Gasteiger partial charge is 0.504 e. The predicted octanol–water partition coefficient (Wildman–Crippen LogP) is 4.22. The van der Waals surface area contributed by atoms with Crippen LogP contribution < -0.4 is 5.32 Å². The van der Waals surface area contributed by atoms with Crippen molar-refractivity contribution in [2.45, 2.75) is 33.0 Å². The van der Waals surface area contributed by atoms with Crippen LogP contribution in [0.15, 0.2) is 42.7 Å². The van der Waals surface area contributed by atoms with Crippen LogP contribution in [0.5, 0.6) is 0 Å². The van der Waals surface area contributed by atoms with E-state index in [0.717, 1.165) is 18.5 Å². The van der Waals surface area contributed by atoms with Crippen LogP contribution in [-0.2, 0) is 6.30 Å². The normalized spacial score (nSPS) is 11.8. The quantitative estimate of drug-likeness (QED) is 0.435. The standard InChI is InChI=1S/C21H18F4N8O/c1-11(2)19-29-30-31-33(19)18-6-4-5-17(27-18)28-20(34)15-8-14(12(3)7-16(15)22)13-9-26-32(10-13)21(23,24)25/h4-11H,1-3H3,(H,27,28,34). The van der Waals surface area contributed by atoms with Gasteiger partial charge in [0.1, 0.15) is 11.6 Å². The number of tetrazole rings is 1. The Morgan fingerprint density at radius 1 is 1.18 bits per heavy atom. The van der Waals surface area contributed by atoms with E-state index in [1.165, 1.54) is 23.7 Å². The van der Waals surface area contributed by atoms with Crippen molar-refractivity contribution >= 4 is 11.7 Å². The van der Waals surface area contributed by atoms with E-state index >= 15 is 0 Å². The van der Waals surface area contributed by atoms with Gasteiger partial charge in [-0.05, 0) is 52.7 Å². The van der Waals surface area contributed by atoms with Crippen LogP contribution in [-0.4, -0.2) is 40.9 Å². The molecule has 4 aromatic rings. The van der Waals surface area contributed by atoms with Gasteiger partial charge in [0.15, 0.2) is 11.6 Å². The van der Waals surface area contributed by atoms with Crippen LogP contribution in [0.2, 0.25) is 0 Å². The fraction of sp³-hybridized carbons (Fsp3) is 0.238. The molecular formula is C21H18F4N8O. The number of pyridine rings is 1. The van der Waals surface area contributed by atoms with Gasteiger partial charge in [-0.3, -0.25) is 4.79 Å². The van der Waals surface area contributed by atoms with Gasteiger partial charge in [-0.1, -0.05) is 19.9 Å². The minimum Gasteiger partial charge on any atom is -0.306 e. The highest BCUT2D eigenvalue weighted by molar-refractivity contribution is 6.04. The van der Waals surface area contributed by atoms with Crippen molar-refractivity contribution in [3.63, 3.8) is 0 Å². The molecule has 0 fully saturated rings. The summed E-state index contributed by atoms with van der Waals surface area (Å²) in [5.74, 6) is -0.634. The summed E-state index contributed by atoms with van der Waals surface area (Å²) in [4.78, 5) is 17.1. The zero-order valence-electron chi connectivity index (χ0n) is 18.2. The molecule has 1 aromatic carbocycles. The van der Waals surface area contributed by atoms with Crippen molar-refractivity contribution in [1.82, 2.24) is 35.0 Å². The second kappa shape index (κ2) is 8.65. The fourth-order valence-electron chi connectivity index (χ4n) is 3.27. The van der Waals surface area contributed by atoms with Crippen LogP contribution >= 0.6 is 0 Å². The lowest BCUT2D eigenvalue weighted by atomic mass is 9.99. The first kappa shape index (κ1) is 23.0. The average molecular weight is 474 g/mol. The molecule has 176 valence electrons. The number of nitrogens with one attached hydrogen (secondary N) is 1. The lowest BCUT2D eigenvalue weighted by Crippen LogP contribution is -2.17. The highest BCUT2D eigenvalue weighted by Crippen LogP contribution is 2.29. The second-order valence-corrected chi connectivity index (χ2v) is 7.73. The first-order chi connectivity index (χ1) is 16.0. The van der Waals surface area contributed by atoms with Crippen LogP contribution in [0.4, 0.5) is 23.4 Å². The van der Waals surface area contributed by atoms with Crippen LogP contribution in [0.25, 0.3) is 16.9 Å². The summed E-state index contributed by atoms with van der Waals surface area (Å²) < 4.78 is 54.6. The van der Waals surface area contributed by atoms with Crippen molar-refractivity contribution in [1.29, 1.82) is 0 Å². The van der Waals surface area contributed by atoms with Gasteiger partial charge < -0.3 is 5.32 Å². The second-order valence-electron chi connectivity index (χ2n) is 7.73. The molecule has 3 aromatic heterocycles. The number of hydrogen-bond acceptors (Lipinski definition) is 6. The first-order valence-corrected chi connectivity index (χ1v) is 10.0. The number of alkyl halides is 3. The average Bonchev–Trinajstić information content (AvgIpc) is 3.44. The molecule has 9 nitrogen and oxygen atoms in total. The predicted molar refractivity (Wildman–Crippen MR) is 113 cm³/mol. The Morgan fingerprint density at radius 3 is 2.62 bits per heavy atom. The number of carbonyl (C=O) groups excluding carboxylic acids is 1. The van der Waals surface area contributed by atoms with E-state index in [1.54, 1.807) is 12.1 Å². The molecule has 0 saturated heterocycles. The molecule has 1 amide bonds. The number of benzene rings is 1. The highest BCUT2D eigenvalue weighted by Gasteiger charge is 2.32. The van der Waals surface area contributed by atoms with Gasteiger partial charge in [0.05, 0.1) is 11.8 Å². The molecule has 0 aliphatic rings. The van der Waals surface area contributed by atoms with E-state index in [9.17, 15) is 22.4 Å². The lowest BCUT2D eigenvalue weighted by Gasteiger charge is -2.11. The van der Waals surface area contributed by atoms with Gasteiger partial charge >= 0.3 is 6.30 Å². The maximum Gasteiger partial charge on any atom is 0.504 e. The molecular weight excluding hydrogens is 456 g/mol. The van der Waals surface area contributed by atoms with E-state index < -0.39 is 18.0 Å². The molecule has 3 heterocycles. The van der Waals surface area contributed by atoms with Crippen molar-refractivity contribution < 1.29 is 22.4 Å². The monoisotopic (exact) mass is 474 g/mol. The molecule has 0 radical (unpaired) electrons. The van der Waals surface area contributed by atoms with Gasteiger partial charge in [-0.15, -0.1) is 18.3 Å². The minimum absolute atomic E-state index is 0.0109. The van der Waals surface area contributed by atoms with Crippen LogP contribution in [0, 0.1) is 12.7 Å².